The SMILES string of the molecule is Cc1cc(Nc2ccc(Cl)cc2C)nc(N2CCCC2)n1. The van der Waals surface area contributed by atoms with Crippen LogP contribution in [0.25, 0.3) is 0 Å². The Morgan fingerprint density at radius 1 is 1.10 bits per heavy atom. The average molecular weight is 303 g/mol. The zero-order chi connectivity index (χ0) is 14.8. The monoisotopic (exact) mass is 302 g/mol. The third kappa shape index (κ3) is 3.27. The Labute approximate surface area is 130 Å². The largest absolute Gasteiger partial charge is 0.341 e. The Morgan fingerprint density at radius 2 is 1.86 bits per heavy atom. The van der Waals surface area contributed by atoms with Crippen molar-refractivity contribution in [3.63, 3.8) is 0 Å². The second kappa shape index (κ2) is 5.90. The van der Waals surface area contributed by atoms with Crippen LogP contribution in [0.3, 0.4) is 0 Å². The summed E-state index contributed by atoms with van der Waals surface area (Å²) in [5, 5.41) is 4.11. The van der Waals surface area contributed by atoms with Crippen LogP contribution in [-0.4, -0.2) is 23.1 Å². The predicted molar refractivity (Wildman–Crippen MR) is 87.7 cm³/mol. The van der Waals surface area contributed by atoms with Gasteiger partial charge in [0.2, 0.25) is 5.95 Å². The number of nitrogens with one attached hydrogen (secondary N) is 1. The molecule has 0 atom stereocenters. The van der Waals surface area contributed by atoms with Gasteiger partial charge in [0, 0.05) is 35.6 Å². The van der Waals surface area contributed by atoms with Crippen LogP contribution >= 0.6 is 11.6 Å². The second-order valence-electron chi connectivity index (χ2n) is 5.47. The third-order valence-electron chi connectivity index (χ3n) is 3.68. The molecule has 0 aliphatic carbocycles. The summed E-state index contributed by atoms with van der Waals surface area (Å²) in [6.45, 7) is 6.12. The average Bonchev–Trinajstić information content (AvgIpc) is 2.95. The molecule has 21 heavy (non-hydrogen) atoms. The molecule has 110 valence electrons. The van der Waals surface area contributed by atoms with E-state index < -0.39 is 0 Å². The molecular formula is C16H19ClN4. The van der Waals surface area contributed by atoms with E-state index in [1.807, 2.05) is 38.1 Å². The van der Waals surface area contributed by atoms with E-state index in [2.05, 4.69) is 20.2 Å². The maximum absolute atomic E-state index is 6.00. The molecule has 1 saturated heterocycles. The summed E-state index contributed by atoms with van der Waals surface area (Å²) in [6.07, 6.45) is 2.44. The molecule has 0 amide bonds. The van der Waals surface area contributed by atoms with Crippen LogP contribution < -0.4 is 10.2 Å². The molecule has 1 aromatic heterocycles. The second-order valence-corrected chi connectivity index (χ2v) is 5.91. The molecule has 0 unspecified atom stereocenters. The van der Waals surface area contributed by atoms with Gasteiger partial charge in [0.05, 0.1) is 0 Å². The first-order valence-electron chi connectivity index (χ1n) is 7.25. The standard InChI is InChI=1S/C16H19ClN4/c1-11-9-13(17)5-6-14(11)19-15-10-12(2)18-16(20-15)21-7-3-4-8-21/h5-6,9-10H,3-4,7-8H2,1-2H3,(H,18,19,20). The van der Waals surface area contributed by atoms with Gasteiger partial charge in [-0.05, 0) is 50.5 Å². The Kier molecular flexibility index (Phi) is 3.97. The summed E-state index contributed by atoms with van der Waals surface area (Å²) < 4.78 is 0. The van der Waals surface area contributed by atoms with Crippen LogP contribution in [0.5, 0.6) is 0 Å². The van der Waals surface area contributed by atoms with Crippen molar-refractivity contribution in [3.05, 3.63) is 40.5 Å². The molecule has 0 saturated carbocycles. The number of aryl methyl sites for hydroxylation is 2. The van der Waals surface area contributed by atoms with Gasteiger partial charge >= 0.3 is 0 Å². The molecule has 2 aromatic rings. The lowest BCUT2D eigenvalue weighted by atomic mass is 10.2. The quantitative estimate of drug-likeness (QED) is 0.927. The van der Waals surface area contributed by atoms with Gasteiger partial charge in [-0.3, -0.25) is 0 Å². The molecule has 0 spiro atoms. The zero-order valence-corrected chi connectivity index (χ0v) is 13.1. The summed E-state index contributed by atoms with van der Waals surface area (Å²) >= 11 is 6.00. The number of hydrogen-bond donors (Lipinski definition) is 1. The highest BCUT2D eigenvalue weighted by Crippen LogP contribution is 2.24. The van der Waals surface area contributed by atoms with Gasteiger partial charge in [0.1, 0.15) is 5.82 Å². The molecule has 1 aromatic carbocycles. The fourth-order valence-corrected chi connectivity index (χ4v) is 2.81. The topological polar surface area (TPSA) is 41.1 Å². The van der Waals surface area contributed by atoms with E-state index in [0.29, 0.717) is 0 Å². The van der Waals surface area contributed by atoms with Gasteiger partial charge in [-0.15, -0.1) is 0 Å². The minimum Gasteiger partial charge on any atom is -0.341 e. The number of benzene rings is 1. The van der Waals surface area contributed by atoms with Crippen molar-refractivity contribution in [2.45, 2.75) is 26.7 Å². The van der Waals surface area contributed by atoms with Gasteiger partial charge in [-0.25, -0.2) is 4.98 Å². The van der Waals surface area contributed by atoms with E-state index in [-0.39, 0.29) is 0 Å². The predicted octanol–water partition coefficient (Wildman–Crippen LogP) is 4.09. The van der Waals surface area contributed by atoms with Crippen LogP contribution in [-0.2, 0) is 0 Å². The number of rotatable bonds is 3. The lowest BCUT2D eigenvalue weighted by Crippen LogP contribution is -2.21. The highest BCUT2D eigenvalue weighted by Gasteiger charge is 2.16. The molecule has 0 radical (unpaired) electrons. The van der Waals surface area contributed by atoms with Crippen molar-refractivity contribution in [3.8, 4) is 0 Å². The minimum absolute atomic E-state index is 0.745. The Hall–Kier alpha value is -1.81. The van der Waals surface area contributed by atoms with Crippen molar-refractivity contribution in [2.75, 3.05) is 23.3 Å². The molecule has 2 heterocycles. The van der Waals surface area contributed by atoms with Gasteiger partial charge in [0.15, 0.2) is 0 Å². The fraction of sp³-hybridized carbons (Fsp3) is 0.375. The van der Waals surface area contributed by atoms with Crippen LogP contribution in [0.1, 0.15) is 24.1 Å². The zero-order valence-electron chi connectivity index (χ0n) is 12.4. The Bertz CT molecular complexity index is 651. The third-order valence-corrected chi connectivity index (χ3v) is 3.92. The highest BCUT2D eigenvalue weighted by molar-refractivity contribution is 6.30. The normalized spacial score (nSPS) is 14.5. The molecular weight excluding hydrogens is 284 g/mol. The van der Waals surface area contributed by atoms with Crippen molar-refractivity contribution in [1.82, 2.24) is 9.97 Å². The summed E-state index contributed by atoms with van der Waals surface area (Å²) in [6, 6.07) is 7.77. The van der Waals surface area contributed by atoms with Gasteiger partial charge in [0.25, 0.3) is 0 Å². The number of anilines is 3. The fourth-order valence-electron chi connectivity index (χ4n) is 2.58. The molecule has 4 nitrogen and oxygen atoms in total. The van der Waals surface area contributed by atoms with Crippen LogP contribution in [0.4, 0.5) is 17.5 Å². The molecule has 5 heteroatoms. The van der Waals surface area contributed by atoms with Crippen LogP contribution in [0.2, 0.25) is 5.02 Å². The van der Waals surface area contributed by atoms with Crippen LogP contribution in [0, 0.1) is 13.8 Å². The molecule has 3 rings (SSSR count). The van der Waals surface area contributed by atoms with Gasteiger partial charge in [-0.1, -0.05) is 11.6 Å². The lowest BCUT2D eigenvalue weighted by molar-refractivity contribution is 0.891. The summed E-state index contributed by atoms with van der Waals surface area (Å²) in [5.41, 5.74) is 3.09. The van der Waals surface area contributed by atoms with E-state index in [4.69, 9.17) is 11.6 Å². The first-order valence-corrected chi connectivity index (χ1v) is 7.63. The molecule has 0 bridgehead atoms. The van der Waals surface area contributed by atoms with E-state index in [0.717, 1.165) is 46.8 Å². The molecule has 1 aliphatic heterocycles. The maximum atomic E-state index is 6.00. The van der Waals surface area contributed by atoms with Gasteiger partial charge in [-0.2, -0.15) is 4.98 Å². The maximum Gasteiger partial charge on any atom is 0.227 e. The Balaban J connectivity index is 1.87. The highest BCUT2D eigenvalue weighted by atomic mass is 35.5. The van der Waals surface area contributed by atoms with Crippen molar-refractivity contribution >= 4 is 29.1 Å². The van der Waals surface area contributed by atoms with Crippen molar-refractivity contribution in [1.29, 1.82) is 0 Å². The van der Waals surface area contributed by atoms with E-state index in [9.17, 15) is 0 Å². The minimum atomic E-state index is 0.745. The summed E-state index contributed by atoms with van der Waals surface area (Å²) in [5.74, 6) is 1.65. The smallest absolute Gasteiger partial charge is 0.227 e. The van der Waals surface area contributed by atoms with Gasteiger partial charge < -0.3 is 10.2 Å². The number of hydrogen-bond acceptors (Lipinski definition) is 4. The van der Waals surface area contributed by atoms with Crippen molar-refractivity contribution < 1.29 is 0 Å². The van der Waals surface area contributed by atoms with Crippen molar-refractivity contribution in [2.24, 2.45) is 0 Å². The van der Waals surface area contributed by atoms with E-state index >= 15 is 0 Å². The van der Waals surface area contributed by atoms with Crippen LogP contribution in [0.15, 0.2) is 24.3 Å². The summed E-state index contributed by atoms with van der Waals surface area (Å²) in [4.78, 5) is 11.4. The van der Waals surface area contributed by atoms with E-state index in [1.54, 1.807) is 0 Å². The number of halogens is 1. The van der Waals surface area contributed by atoms with E-state index in [1.165, 1.54) is 12.8 Å². The summed E-state index contributed by atoms with van der Waals surface area (Å²) in [7, 11) is 0. The molecule has 1 fully saturated rings. The molecule has 1 N–H and O–H groups in total. The first kappa shape index (κ1) is 14.1. The Morgan fingerprint density at radius 3 is 2.57 bits per heavy atom. The number of aromatic nitrogens is 2. The first-order chi connectivity index (χ1) is 10.1. The molecule has 1 aliphatic rings. The lowest BCUT2D eigenvalue weighted by Gasteiger charge is -2.17. The number of nitrogens with zero attached hydrogens (tertiary/aromatic N) is 3.